The monoisotopic (exact) mass is 253 g/mol. The van der Waals surface area contributed by atoms with Gasteiger partial charge in [-0.05, 0) is 37.5 Å². The Kier molecular flexibility index (Phi) is 4.97. The molecule has 3 N–H and O–H groups in total. The fourth-order valence-electron chi connectivity index (χ4n) is 1.65. The number of nitrogens with two attached hydrogens (primary N) is 1. The van der Waals surface area contributed by atoms with Gasteiger partial charge in [-0.1, -0.05) is 12.1 Å². The number of halogens is 1. The molecule has 0 aliphatic rings. The van der Waals surface area contributed by atoms with E-state index in [1.165, 1.54) is 31.2 Å². The molecule has 0 heterocycles. The molecular weight excluding hydrogens is 237 g/mol. The van der Waals surface area contributed by atoms with Crippen molar-refractivity contribution in [1.29, 1.82) is 0 Å². The van der Waals surface area contributed by atoms with Gasteiger partial charge in [-0.15, -0.1) is 0 Å². The Hall–Kier alpha value is -1.75. The Morgan fingerprint density at radius 1 is 1.33 bits per heavy atom. The Balaban J connectivity index is 2.71. The average Bonchev–Trinajstić information content (AvgIpc) is 2.30. The lowest BCUT2D eigenvalue weighted by atomic mass is 9.92. The zero-order chi connectivity index (χ0) is 13.7. The third-order valence-electron chi connectivity index (χ3n) is 2.81. The summed E-state index contributed by atoms with van der Waals surface area (Å²) < 4.78 is 12.7. The molecule has 2 unspecified atom stereocenters. The summed E-state index contributed by atoms with van der Waals surface area (Å²) in [5.41, 5.74) is 6.27. The average molecular weight is 253 g/mol. The van der Waals surface area contributed by atoms with Crippen molar-refractivity contribution in [2.45, 2.75) is 25.8 Å². The lowest BCUT2D eigenvalue weighted by molar-refractivity contribution is -0.142. The Labute approximate surface area is 105 Å². The zero-order valence-electron chi connectivity index (χ0n) is 10.1. The van der Waals surface area contributed by atoms with E-state index in [9.17, 15) is 14.0 Å². The summed E-state index contributed by atoms with van der Waals surface area (Å²) in [6.45, 7) is 1.33. The summed E-state index contributed by atoms with van der Waals surface area (Å²) in [4.78, 5) is 22.1. The van der Waals surface area contributed by atoms with Crippen LogP contribution in [-0.4, -0.2) is 22.9 Å². The standard InChI is InChI=1S/C13H16FNO3/c1-8(16)12(15)7-10(13(17)18)6-9-2-4-11(14)5-3-9/h2-5,10,12H,6-7,15H2,1H3,(H,17,18). The molecule has 0 amide bonds. The number of Topliss-reactive ketones (excluding diaryl/α,β-unsaturated/α-hetero) is 1. The highest BCUT2D eigenvalue weighted by molar-refractivity contribution is 5.82. The lowest BCUT2D eigenvalue weighted by Crippen LogP contribution is -2.33. The van der Waals surface area contributed by atoms with E-state index in [1.54, 1.807) is 0 Å². The van der Waals surface area contributed by atoms with Crippen LogP contribution in [0.15, 0.2) is 24.3 Å². The van der Waals surface area contributed by atoms with Crippen molar-refractivity contribution in [1.82, 2.24) is 0 Å². The fraction of sp³-hybridized carbons (Fsp3) is 0.385. The molecule has 0 spiro atoms. The number of carboxylic acids is 1. The number of rotatable bonds is 6. The van der Waals surface area contributed by atoms with Crippen molar-refractivity contribution in [2.75, 3.05) is 0 Å². The molecule has 4 nitrogen and oxygen atoms in total. The van der Waals surface area contributed by atoms with Crippen LogP contribution in [0.25, 0.3) is 0 Å². The number of carboxylic acid groups (broad SMARTS) is 1. The van der Waals surface area contributed by atoms with Gasteiger partial charge in [0.05, 0.1) is 12.0 Å². The van der Waals surface area contributed by atoms with Gasteiger partial charge < -0.3 is 10.8 Å². The van der Waals surface area contributed by atoms with Gasteiger partial charge in [0.25, 0.3) is 0 Å². The third-order valence-corrected chi connectivity index (χ3v) is 2.81. The summed E-state index contributed by atoms with van der Waals surface area (Å²) in [6.07, 6.45) is 0.318. The predicted octanol–water partition coefficient (Wildman–Crippen LogP) is 1.38. The molecule has 0 saturated carbocycles. The van der Waals surface area contributed by atoms with Crippen LogP contribution < -0.4 is 5.73 Å². The number of benzene rings is 1. The normalized spacial score (nSPS) is 13.9. The van der Waals surface area contributed by atoms with Crippen LogP contribution in [0, 0.1) is 11.7 Å². The molecule has 2 atom stereocenters. The first-order valence-electron chi connectivity index (χ1n) is 5.63. The van der Waals surface area contributed by atoms with E-state index in [1.807, 2.05) is 0 Å². The summed E-state index contributed by atoms with van der Waals surface area (Å²) in [6, 6.07) is 4.85. The maximum absolute atomic E-state index is 12.7. The van der Waals surface area contributed by atoms with E-state index >= 15 is 0 Å². The first-order chi connectivity index (χ1) is 8.40. The first kappa shape index (κ1) is 14.3. The van der Waals surface area contributed by atoms with Gasteiger partial charge in [0.2, 0.25) is 0 Å². The summed E-state index contributed by atoms with van der Waals surface area (Å²) >= 11 is 0. The molecule has 0 aliphatic heterocycles. The SMILES string of the molecule is CC(=O)C(N)CC(Cc1ccc(F)cc1)C(=O)O. The van der Waals surface area contributed by atoms with Crippen LogP contribution in [0.5, 0.6) is 0 Å². The number of aliphatic carboxylic acids is 1. The zero-order valence-corrected chi connectivity index (χ0v) is 10.1. The lowest BCUT2D eigenvalue weighted by Gasteiger charge is -2.15. The van der Waals surface area contributed by atoms with E-state index in [4.69, 9.17) is 10.8 Å². The summed E-state index contributed by atoms with van der Waals surface area (Å²) in [5.74, 6) is -2.35. The van der Waals surface area contributed by atoms with Gasteiger partial charge in [-0.25, -0.2) is 4.39 Å². The number of carbonyl (C=O) groups is 2. The van der Waals surface area contributed by atoms with E-state index in [2.05, 4.69) is 0 Å². The number of carbonyl (C=O) groups excluding carboxylic acids is 1. The second-order valence-electron chi connectivity index (χ2n) is 4.32. The van der Waals surface area contributed by atoms with Crippen LogP contribution in [-0.2, 0) is 16.0 Å². The van der Waals surface area contributed by atoms with Crippen molar-refractivity contribution in [3.63, 3.8) is 0 Å². The molecule has 0 saturated heterocycles. The Morgan fingerprint density at radius 3 is 2.33 bits per heavy atom. The third kappa shape index (κ3) is 4.25. The number of ketones is 1. The fourth-order valence-corrected chi connectivity index (χ4v) is 1.65. The van der Waals surface area contributed by atoms with Gasteiger partial charge in [-0.2, -0.15) is 0 Å². The molecule has 1 aromatic carbocycles. The second kappa shape index (κ2) is 6.26. The molecule has 0 aromatic heterocycles. The van der Waals surface area contributed by atoms with Crippen molar-refractivity contribution < 1.29 is 19.1 Å². The predicted molar refractivity (Wildman–Crippen MR) is 64.5 cm³/mol. The van der Waals surface area contributed by atoms with Gasteiger partial charge in [0, 0.05) is 0 Å². The maximum atomic E-state index is 12.7. The first-order valence-corrected chi connectivity index (χ1v) is 5.63. The van der Waals surface area contributed by atoms with Crippen molar-refractivity contribution in [2.24, 2.45) is 11.7 Å². The van der Waals surface area contributed by atoms with Gasteiger partial charge >= 0.3 is 5.97 Å². The Bertz CT molecular complexity index is 430. The van der Waals surface area contributed by atoms with E-state index in [-0.39, 0.29) is 24.4 Å². The van der Waals surface area contributed by atoms with E-state index in [0.29, 0.717) is 5.56 Å². The van der Waals surface area contributed by atoms with Crippen LogP contribution in [0.4, 0.5) is 4.39 Å². The van der Waals surface area contributed by atoms with Gasteiger partial charge in [0.1, 0.15) is 11.6 Å². The van der Waals surface area contributed by atoms with E-state index < -0.39 is 17.9 Å². The number of hydrogen-bond donors (Lipinski definition) is 2. The van der Waals surface area contributed by atoms with Crippen LogP contribution in [0.1, 0.15) is 18.9 Å². The molecule has 5 heteroatoms. The van der Waals surface area contributed by atoms with Crippen molar-refractivity contribution in [3.05, 3.63) is 35.6 Å². The molecule has 1 rings (SSSR count). The highest BCUT2D eigenvalue weighted by Gasteiger charge is 2.23. The van der Waals surface area contributed by atoms with Crippen LogP contribution >= 0.6 is 0 Å². The van der Waals surface area contributed by atoms with Crippen molar-refractivity contribution in [3.8, 4) is 0 Å². The van der Waals surface area contributed by atoms with Crippen molar-refractivity contribution >= 4 is 11.8 Å². The highest BCUT2D eigenvalue weighted by Crippen LogP contribution is 2.15. The molecule has 0 radical (unpaired) electrons. The molecule has 0 aliphatic carbocycles. The molecule has 98 valence electrons. The molecule has 1 aromatic rings. The molecule has 18 heavy (non-hydrogen) atoms. The second-order valence-corrected chi connectivity index (χ2v) is 4.32. The quantitative estimate of drug-likeness (QED) is 0.802. The molecule has 0 fully saturated rings. The molecular formula is C13H16FNO3. The van der Waals surface area contributed by atoms with Crippen LogP contribution in [0.3, 0.4) is 0 Å². The minimum absolute atomic E-state index is 0.0854. The smallest absolute Gasteiger partial charge is 0.306 e. The Morgan fingerprint density at radius 2 is 1.89 bits per heavy atom. The van der Waals surface area contributed by atoms with E-state index in [0.717, 1.165) is 0 Å². The highest BCUT2D eigenvalue weighted by atomic mass is 19.1. The largest absolute Gasteiger partial charge is 0.481 e. The van der Waals surface area contributed by atoms with Gasteiger partial charge in [0.15, 0.2) is 0 Å². The van der Waals surface area contributed by atoms with Crippen LogP contribution in [0.2, 0.25) is 0 Å². The minimum atomic E-state index is -1.00. The minimum Gasteiger partial charge on any atom is -0.481 e. The summed E-state index contributed by atoms with van der Waals surface area (Å²) in [5, 5.41) is 9.08. The maximum Gasteiger partial charge on any atom is 0.306 e. The topological polar surface area (TPSA) is 80.4 Å². The van der Waals surface area contributed by atoms with Gasteiger partial charge in [-0.3, -0.25) is 9.59 Å². The summed E-state index contributed by atoms with van der Waals surface area (Å²) in [7, 11) is 0. The number of hydrogen-bond acceptors (Lipinski definition) is 3. The molecule has 0 bridgehead atoms.